The van der Waals surface area contributed by atoms with Gasteiger partial charge in [0.05, 0.1) is 6.10 Å². The van der Waals surface area contributed by atoms with E-state index < -0.39 is 0 Å². The Balaban J connectivity index is 1.90. The van der Waals surface area contributed by atoms with E-state index in [0.717, 1.165) is 42.4 Å². The van der Waals surface area contributed by atoms with Crippen LogP contribution in [0.3, 0.4) is 0 Å². The van der Waals surface area contributed by atoms with E-state index in [2.05, 4.69) is 10.3 Å². The molecule has 0 radical (unpaired) electrons. The van der Waals surface area contributed by atoms with Crippen molar-refractivity contribution in [3.8, 4) is 0 Å². The maximum atomic E-state index is 9.87. The van der Waals surface area contributed by atoms with Gasteiger partial charge in [-0.1, -0.05) is 36.2 Å². The molecule has 0 aromatic heterocycles. The van der Waals surface area contributed by atoms with Crippen LogP contribution in [0.15, 0.2) is 29.3 Å². The Kier molecular flexibility index (Phi) is 5.88. The first-order valence-electron chi connectivity index (χ1n) is 7.45. The molecule has 21 heavy (non-hydrogen) atoms. The fourth-order valence-electron chi connectivity index (χ4n) is 2.82. The number of aliphatic hydroxyl groups is 1. The summed E-state index contributed by atoms with van der Waals surface area (Å²) in [6, 6.07) is 7.84. The lowest BCUT2D eigenvalue weighted by molar-refractivity contribution is 0.134. The Hall–Kier alpha value is -1.26. The number of benzene rings is 1. The minimum absolute atomic E-state index is 0.176. The molecule has 1 aromatic carbocycles. The van der Waals surface area contributed by atoms with Crippen LogP contribution in [0.5, 0.6) is 0 Å². The van der Waals surface area contributed by atoms with Crippen LogP contribution in [-0.4, -0.2) is 42.7 Å². The molecule has 4 nitrogen and oxygen atoms in total. The van der Waals surface area contributed by atoms with Crippen molar-refractivity contribution >= 4 is 17.6 Å². The monoisotopic (exact) mass is 309 g/mol. The van der Waals surface area contributed by atoms with Crippen LogP contribution in [0, 0.1) is 5.92 Å². The molecule has 2 rings (SSSR count). The first-order valence-corrected chi connectivity index (χ1v) is 7.83. The average Bonchev–Trinajstić information content (AvgIpc) is 2.88. The molecule has 1 aliphatic carbocycles. The zero-order chi connectivity index (χ0) is 15.2. The van der Waals surface area contributed by atoms with Crippen molar-refractivity contribution in [1.82, 2.24) is 10.2 Å². The van der Waals surface area contributed by atoms with Gasteiger partial charge in [-0.2, -0.15) is 0 Å². The summed E-state index contributed by atoms with van der Waals surface area (Å²) in [6.07, 6.45) is 2.94. The van der Waals surface area contributed by atoms with E-state index in [1.54, 1.807) is 7.05 Å². The third-order valence-corrected chi connectivity index (χ3v) is 4.45. The lowest BCUT2D eigenvalue weighted by atomic mass is 10.1. The van der Waals surface area contributed by atoms with Crippen molar-refractivity contribution in [3.05, 3.63) is 34.9 Å². The molecule has 2 atom stereocenters. The van der Waals surface area contributed by atoms with Gasteiger partial charge in [-0.05, 0) is 24.5 Å². The van der Waals surface area contributed by atoms with Crippen LogP contribution >= 0.6 is 11.6 Å². The van der Waals surface area contributed by atoms with Gasteiger partial charge in [0, 0.05) is 38.1 Å². The summed E-state index contributed by atoms with van der Waals surface area (Å²) in [5.41, 5.74) is 1.07. The summed E-state index contributed by atoms with van der Waals surface area (Å²) in [5.74, 6) is 1.16. The number of aliphatic hydroxyl groups excluding tert-OH is 1. The molecule has 1 aliphatic rings. The van der Waals surface area contributed by atoms with Crippen LogP contribution < -0.4 is 5.32 Å². The second-order valence-electron chi connectivity index (χ2n) is 5.63. The normalized spacial score (nSPS) is 22.4. The van der Waals surface area contributed by atoms with Crippen molar-refractivity contribution in [3.63, 3.8) is 0 Å². The smallest absolute Gasteiger partial charge is 0.193 e. The Labute approximate surface area is 131 Å². The highest BCUT2D eigenvalue weighted by atomic mass is 35.5. The maximum Gasteiger partial charge on any atom is 0.193 e. The molecule has 1 saturated carbocycles. The number of nitrogens with one attached hydrogen (secondary N) is 1. The molecule has 5 heteroatoms. The average molecular weight is 310 g/mol. The summed E-state index contributed by atoms with van der Waals surface area (Å²) in [4.78, 5) is 6.35. The molecule has 0 spiro atoms. The highest BCUT2D eigenvalue weighted by Crippen LogP contribution is 2.24. The molecule has 0 aliphatic heterocycles. The van der Waals surface area contributed by atoms with Crippen LogP contribution in [0.2, 0.25) is 5.02 Å². The predicted molar refractivity (Wildman–Crippen MR) is 87.6 cm³/mol. The van der Waals surface area contributed by atoms with Gasteiger partial charge in [0.2, 0.25) is 0 Å². The van der Waals surface area contributed by atoms with E-state index in [4.69, 9.17) is 11.6 Å². The quantitative estimate of drug-likeness (QED) is 0.663. The van der Waals surface area contributed by atoms with E-state index in [-0.39, 0.29) is 6.10 Å². The van der Waals surface area contributed by atoms with Crippen LogP contribution in [0.25, 0.3) is 0 Å². The van der Waals surface area contributed by atoms with Gasteiger partial charge in [-0.15, -0.1) is 0 Å². The fourth-order valence-corrected chi connectivity index (χ4v) is 3.01. The van der Waals surface area contributed by atoms with Crippen molar-refractivity contribution < 1.29 is 5.11 Å². The molecule has 2 N–H and O–H groups in total. The third-order valence-electron chi connectivity index (χ3n) is 4.08. The number of halogens is 1. The predicted octanol–water partition coefficient (Wildman–Crippen LogP) is 2.51. The summed E-state index contributed by atoms with van der Waals surface area (Å²) in [7, 11) is 3.76. The number of nitrogens with zero attached hydrogens (tertiary/aromatic N) is 2. The van der Waals surface area contributed by atoms with Gasteiger partial charge >= 0.3 is 0 Å². The first-order chi connectivity index (χ1) is 10.1. The second-order valence-corrected chi connectivity index (χ2v) is 6.04. The van der Waals surface area contributed by atoms with E-state index in [0.29, 0.717) is 12.5 Å². The van der Waals surface area contributed by atoms with Crippen molar-refractivity contribution in [1.29, 1.82) is 0 Å². The van der Waals surface area contributed by atoms with Crippen LogP contribution in [0.1, 0.15) is 24.8 Å². The van der Waals surface area contributed by atoms with Gasteiger partial charge in [-0.3, -0.25) is 4.99 Å². The zero-order valence-corrected chi connectivity index (χ0v) is 13.5. The number of aliphatic imine (C=N–C) groups is 1. The highest BCUT2D eigenvalue weighted by Gasteiger charge is 2.25. The van der Waals surface area contributed by atoms with Gasteiger partial charge in [0.15, 0.2) is 5.96 Å². The molecular formula is C16H24ClN3O. The minimum Gasteiger partial charge on any atom is -0.393 e. The van der Waals surface area contributed by atoms with E-state index >= 15 is 0 Å². The highest BCUT2D eigenvalue weighted by molar-refractivity contribution is 6.31. The summed E-state index contributed by atoms with van der Waals surface area (Å²) >= 11 is 6.20. The van der Waals surface area contributed by atoms with Gasteiger partial charge < -0.3 is 15.3 Å². The molecule has 0 amide bonds. The Morgan fingerprint density at radius 1 is 1.43 bits per heavy atom. The van der Waals surface area contributed by atoms with Gasteiger partial charge in [-0.25, -0.2) is 0 Å². The van der Waals surface area contributed by atoms with Gasteiger partial charge in [0.25, 0.3) is 0 Å². The fraction of sp³-hybridized carbons (Fsp3) is 0.562. The Bertz CT molecular complexity index is 492. The lowest BCUT2D eigenvalue weighted by Gasteiger charge is -2.24. The number of guanidine groups is 1. The second kappa shape index (κ2) is 7.66. The standard InChI is InChI=1S/C16H24ClN3O/c1-18-16(19-10-12-7-5-9-15(12)21)20(2)11-13-6-3-4-8-14(13)17/h3-4,6,8,12,15,21H,5,7,9-11H2,1-2H3,(H,18,19). The van der Waals surface area contributed by atoms with Crippen molar-refractivity contribution in [2.75, 3.05) is 20.6 Å². The van der Waals surface area contributed by atoms with Crippen molar-refractivity contribution in [2.24, 2.45) is 10.9 Å². The molecule has 1 aromatic rings. The topological polar surface area (TPSA) is 47.9 Å². The lowest BCUT2D eigenvalue weighted by Crippen LogP contribution is -2.41. The first kappa shape index (κ1) is 16.1. The Morgan fingerprint density at radius 2 is 2.19 bits per heavy atom. The van der Waals surface area contributed by atoms with E-state index in [1.165, 1.54) is 0 Å². The van der Waals surface area contributed by atoms with Gasteiger partial charge in [0.1, 0.15) is 0 Å². The summed E-state index contributed by atoms with van der Waals surface area (Å²) in [6.45, 7) is 1.47. The molecular weight excluding hydrogens is 286 g/mol. The Morgan fingerprint density at radius 3 is 2.81 bits per heavy atom. The van der Waals surface area contributed by atoms with Crippen LogP contribution in [0.4, 0.5) is 0 Å². The molecule has 0 saturated heterocycles. The number of hydrogen-bond donors (Lipinski definition) is 2. The van der Waals surface area contributed by atoms with Crippen molar-refractivity contribution in [2.45, 2.75) is 31.9 Å². The number of hydrogen-bond acceptors (Lipinski definition) is 2. The zero-order valence-electron chi connectivity index (χ0n) is 12.7. The third kappa shape index (κ3) is 4.35. The van der Waals surface area contributed by atoms with E-state index in [9.17, 15) is 5.11 Å². The summed E-state index contributed by atoms with van der Waals surface area (Å²) < 4.78 is 0. The maximum absolute atomic E-state index is 9.87. The van der Waals surface area contributed by atoms with Crippen LogP contribution in [-0.2, 0) is 6.54 Å². The summed E-state index contributed by atoms with van der Waals surface area (Å²) in [5, 5.41) is 14.0. The molecule has 0 bridgehead atoms. The number of rotatable bonds is 4. The molecule has 1 fully saturated rings. The largest absolute Gasteiger partial charge is 0.393 e. The molecule has 116 valence electrons. The molecule has 0 heterocycles. The van der Waals surface area contributed by atoms with E-state index in [1.807, 2.05) is 36.2 Å². The minimum atomic E-state index is -0.176. The SMILES string of the molecule is CN=C(NCC1CCCC1O)N(C)Cc1ccccc1Cl. The molecule has 2 unspecified atom stereocenters.